The fourth-order valence-electron chi connectivity index (χ4n) is 5.55. The van der Waals surface area contributed by atoms with Crippen molar-refractivity contribution in [2.24, 2.45) is 28.0 Å². The summed E-state index contributed by atoms with van der Waals surface area (Å²) in [7, 11) is -3.67. The van der Waals surface area contributed by atoms with E-state index in [1.807, 2.05) is 0 Å². The zero-order valence-electron chi connectivity index (χ0n) is 13.3. The lowest BCUT2D eigenvalue weighted by atomic mass is 9.47. The van der Waals surface area contributed by atoms with Crippen molar-refractivity contribution in [2.75, 3.05) is 12.3 Å². The zero-order chi connectivity index (χ0) is 16.7. The first-order chi connectivity index (χ1) is 10.7. The van der Waals surface area contributed by atoms with Crippen molar-refractivity contribution >= 4 is 25.8 Å². The molecule has 0 saturated heterocycles. The summed E-state index contributed by atoms with van der Waals surface area (Å²) in [5.74, 6) is 1.63. The van der Waals surface area contributed by atoms with E-state index >= 15 is 0 Å². The smallest absolute Gasteiger partial charge is 0.320 e. The van der Waals surface area contributed by atoms with Crippen molar-refractivity contribution in [3.8, 4) is 0 Å². The average Bonchev–Trinajstić information content (AvgIpc) is 2.38. The van der Waals surface area contributed by atoms with E-state index in [0.717, 1.165) is 32.1 Å². The minimum absolute atomic E-state index is 0.00608. The van der Waals surface area contributed by atoms with Crippen molar-refractivity contribution in [3.05, 3.63) is 0 Å². The SMILES string of the molecule is NC(CSS(=O)(=O)O)=NCCCC12CC3CC(CC(O)(C3)C1)C2. The summed E-state index contributed by atoms with van der Waals surface area (Å²) >= 11 is 0. The van der Waals surface area contributed by atoms with Gasteiger partial charge in [0.2, 0.25) is 0 Å². The molecular weight excluding hydrogens is 336 g/mol. The van der Waals surface area contributed by atoms with Crippen LogP contribution in [0.15, 0.2) is 4.99 Å². The Hall–Kier alpha value is -0.310. The van der Waals surface area contributed by atoms with Gasteiger partial charge in [0.1, 0.15) is 5.84 Å². The molecule has 4 aliphatic rings. The van der Waals surface area contributed by atoms with Crippen LogP contribution in [0.5, 0.6) is 0 Å². The van der Waals surface area contributed by atoms with Crippen LogP contribution in [0.1, 0.15) is 51.4 Å². The van der Waals surface area contributed by atoms with Crippen LogP contribution in [0.3, 0.4) is 0 Å². The second kappa shape index (κ2) is 6.20. The van der Waals surface area contributed by atoms with Crippen LogP contribution >= 0.6 is 10.8 Å². The molecule has 2 unspecified atom stereocenters. The van der Waals surface area contributed by atoms with Crippen LogP contribution in [0.4, 0.5) is 0 Å². The van der Waals surface area contributed by atoms with Crippen LogP contribution in [0, 0.1) is 17.3 Å². The van der Waals surface area contributed by atoms with Crippen molar-refractivity contribution in [3.63, 3.8) is 0 Å². The van der Waals surface area contributed by atoms with E-state index in [-0.39, 0.29) is 17.0 Å². The van der Waals surface area contributed by atoms with E-state index in [9.17, 15) is 13.5 Å². The summed E-state index contributed by atoms with van der Waals surface area (Å²) in [4.78, 5) is 4.20. The Labute approximate surface area is 141 Å². The van der Waals surface area contributed by atoms with Crippen LogP contribution in [-0.2, 0) is 9.15 Å². The van der Waals surface area contributed by atoms with E-state index in [0.29, 0.717) is 29.2 Å². The lowest BCUT2D eigenvalue weighted by molar-refractivity contribution is -0.165. The molecule has 0 amide bonds. The van der Waals surface area contributed by atoms with E-state index in [1.54, 1.807) is 0 Å². The summed E-state index contributed by atoms with van der Waals surface area (Å²) in [6, 6.07) is 0. The van der Waals surface area contributed by atoms with Crippen LogP contribution in [0.2, 0.25) is 0 Å². The molecule has 0 aliphatic heterocycles. The second-order valence-corrected chi connectivity index (χ2v) is 11.2. The molecule has 0 aromatic rings. The third kappa shape index (κ3) is 4.41. The molecule has 0 spiro atoms. The standard InChI is InChI=1S/C15H26N2O4S2/c16-13(9-22-23(19,20)21)17-3-1-2-14-5-11-4-12(6-14)8-15(18,7-11)10-14/h11-12,18H,1-10H2,(H2,16,17)(H,19,20,21). The molecule has 4 aliphatic carbocycles. The van der Waals surface area contributed by atoms with Crippen LogP contribution in [0.25, 0.3) is 0 Å². The van der Waals surface area contributed by atoms with Gasteiger partial charge in [-0.05, 0) is 68.6 Å². The van der Waals surface area contributed by atoms with Gasteiger partial charge in [-0.3, -0.25) is 9.55 Å². The van der Waals surface area contributed by atoms with Gasteiger partial charge in [-0.15, -0.1) is 0 Å². The number of hydrogen-bond donors (Lipinski definition) is 3. The number of aliphatic imine (C=N–C) groups is 1. The number of amidine groups is 1. The molecule has 2 atom stereocenters. The number of rotatable bonds is 7. The maximum absolute atomic E-state index is 10.7. The molecule has 0 aromatic carbocycles. The summed E-state index contributed by atoms with van der Waals surface area (Å²) in [5, 5.41) is 10.7. The maximum Gasteiger partial charge on any atom is 0.320 e. The highest BCUT2D eigenvalue weighted by molar-refractivity contribution is 8.70. The summed E-state index contributed by atoms with van der Waals surface area (Å²) < 4.78 is 29.9. The molecule has 0 heterocycles. The van der Waals surface area contributed by atoms with Crippen LogP contribution < -0.4 is 5.73 Å². The minimum atomic E-state index is -4.06. The number of nitrogens with zero attached hydrogens (tertiary/aromatic N) is 1. The van der Waals surface area contributed by atoms with Gasteiger partial charge in [-0.2, -0.15) is 8.42 Å². The third-order valence-electron chi connectivity index (χ3n) is 5.69. The molecule has 4 rings (SSSR count). The van der Waals surface area contributed by atoms with E-state index in [1.165, 1.54) is 19.3 Å². The Morgan fingerprint density at radius 1 is 1.26 bits per heavy atom. The molecule has 132 valence electrons. The average molecular weight is 363 g/mol. The highest BCUT2D eigenvalue weighted by Gasteiger charge is 2.56. The molecule has 4 fully saturated rings. The van der Waals surface area contributed by atoms with Gasteiger partial charge in [0.15, 0.2) is 0 Å². The summed E-state index contributed by atoms with van der Waals surface area (Å²) in [6.07, 6.45) is 8.66. The molecule has 23 heavy (non-hydrogen) atoms. The zero-order valence-corrected chi connectivity index (χ0v) is 14.9. The number of hydrogen-bond acceptors (Lipinski definition) is 5. The minimum Gasteiger partial charge on any atom is -0.390 e. The van der Waals surface area contributed by atoms with E-state index in [2.05, 4.69) is 4.99 Å². The quantitative estimate of drug-likeness (QED) is 0.210. The van der Waals surface area contributed by atoms with Gasteiger partial charge >= 0.3 is 9.15 Å². The molecule has 4 bridgehead atoms. The van der Waals surface area contributed by atoms with Crippen molar-refractivity contribution < 1.29 is 18.1 Å². The molecule has 0 radical (unpaired) electrons. The predicted octanol–water partition coefficient (Wildman–Crippen LogP) is 1.99. The Morgan fingerprint density at radius 2 is 1.91 bits per heavy atom. The highest BCUT2D eigenvalue weighted by Crippen LogP contribution is 2.63. The summed E-state index contributed by atoms with van der Waals surface area (Å²) in [5.41, 5.74) is 5.53. The monoisotopic (exact) mass is 362 g/mol. The first-order valence-corrected chi connectivity index (χ1v) is 11.2. The molecule has 4 saturated carbocycles. The van der Waals surface area contributed by atoms with Crippen LogP contribution in [-0.4, -0.2) is 41.8 Å². The molecular formula is C15H26N2O4S2. The van der Waals surface area contributed by atoms with Crippen molar-refractivity contribution in [1.82, 2.24) is 0 Å². The lowest BCUT2D eigenvalue weighted by Gasteiger charge is -2.60. The Balaban J connectivity index is 1.47. The molecule has 4 N–H and O–H groups in total. The third-order valence-corrected chi connectivity index (χ3v) is 7.65. The Bertz CT molecular complexity index is 576. The molecule has 0 aromatic heterocycles. The largest absolute Gasteiger partial charge is 0.390 e. The summed E-state index contributed by atoms with van der Waals surface area (Å²) in [6.45, 7) is 0.577. The van der Waals surface area contributed by atoms with Gasteiger partial charge in [0, 0.05) is 17.3 Å². The molecule has 6 nitrogen and oxygen atoms in total. The predicted molar refractivity (Wildman–Crippen MR) is 91.8 cm³/mol. The Kier molecular flexibility index (Phi) is 4.72. The fraction of sp³-hybridized carbons (Fsp3) is 0.933. The van der Waals surface area contributed by atoms with Gasteiger partial charge in [-0.25, -0.2) is 0 Å². The first kappa shape index (κ1) is 17.5. The fourth-order valence-corrected chi connectivity index (χ4v) is 6.72. The normalized spacial score (nSPS) is 39.8. The number of aliphatic hydroxyl groups is 1. The highest BCUT2D eigenvalue weighted by atomic mass is 33.1. The lowest BCUT2D eigenvalue weighted by Crippen LogP contribution is -2.55. The van der Waals surface area contributed by atoms with Gasteiger partial charge < -0.3 is 10.8 Å². The van der Waals surface area contributed by atoms with E-state index < -0.39 is 14.8 Å². The van der Waals surface area contributed by atoms with Crippen molar-refractivity contribution in [1.29, 1.82) is 0 Å². The first-order valence-electron chi connectivity index (χ1n) is 8.30. The van der Waals surface area contributed by atoms with Gasteiger partial charge in [-0.1, -0.05) is 0 Å². The second-order valence-electron chi connectivity index (χ2n) is 7.85. The van der Waals surface area contributed by atoms with Gasteiger partial charge in [0.25, 0.3) is 0 Å². The Morgan fingerprint density at radius 3 is 2.48 bits per heavy atom. The van der Waals surface area contributed by atoms with Crippen molar-refractivity contribution in [2.45, 2.75) is 57.0 Å². The maximum atomic E-state index is 10.7. The van der Waals surface area contributed by atoms with Gasteiger partial charge in [0.05, 0.1) is 11.4 Å². The number of nitrogens with two attached hydrogens (primary N) is 1. The van der Waals surface area contributed by atoms with E-state index in [4.69, 9.17) is 10.3 Å². The topological polar surface area (TPSA) is 113 Å². The molecule has 8 heteroatoms.